The molecule has 0 radical (unpaired) electrons. The molecule has 2 aliphatic rings. The minimum absolute atomic E-state index is 0.0667. The van der Waals surface area contributed by atoms with Crippen LogP contribution in [0.2, 0.25) is 0 Å². The van der Waals surface area contributed by atoms with E-state index >= 15 is 0 Å². The molecule has 5 nitrogen and oxygen atoms in total. The number of nitrogens with zero attached hydrogens (tertiary/aromatic N) is 2. The Kier molecular flexibility index (Phi) is 4.68. The Morgan fingerprint density at radius 1 is 1.21 bits per heavy atom. The maximum Gasteiger partial charge on any atom is 0.317 e. The van der Waals surface area contributed by atoms with E-state index in [1.54, 1.807) is 0 Å². The fourth-order valence-electron chi connectivity index (χ4n) is 2.72. The standard InChI is InChI=1S/C14H27N3O2/c1-14(2,3)15-13(18)17-7-4-6-16(8-9-17)12-5-10-19-11-12/h12H,4-11H2,1-3H3,(H,15,18). The SMILES string of the molecule is CC(C)(C)NC(=O)N1CCCN(C2CCOC2)CC1. The zero-order valence-corrected chi connectivity index (χ0v) is 12.4. The van der Waals surface area contributed by atoms with E-state index in [1.165, 1.54) is 0 Å². The molecule has 2 aliphatic heterocycles. The second-order valence-electron chi connectivity index (χ2n) is 6.57. The number of carbonyl (C=O) groups excluding carboxylic acids is 1. The number of nitrogens with one attached hydrogen (secondary N) is 1. The Balaban J connectivity index is 1.84. The average Bonchev–Trinajstić information content (AvgIpc) is 2.71. The van der Waals surface area contributed by atoms with Crippen LogP contribution < -0.4 is 5.32 Å². The Labute approximate surface area is 116 Å². The molecule has 1 unspecified atom stereocenters. The van der Waals surface area contributed by atoms with Crippen molar-refractivity contribution < 1.29 is 9.53 Å². The number of hydrogen-bond acceptors (Lipinski definition) is 3. The summed E-state index contributed by atoms with van der Waals surface area (Å²) in [5.74, 6) is 0. The van der Waals surface area contributed by atoms with Gasteiger partial charge in [-0.1, -0.05) is 0 Å². The lowest BCUT2D eigenvalue weighted by molar-refractivity contribution is 0.145. The summed E-state index contributed by atoms with van der Waals surface area (Å²) in [7, 11) is 0. The zero-order chi connectivity index (χ0) is 13.9. The Morgan fingerprint density at radius 2 is 2.00 bits per heavy atom. The number of hydrogen-bond donors (Lipinski definition) is 1. The molecule has 0 aliphatic carbocycles. The van der Waals surface area contributed by atoms with Crippen molar-refractivity contribution in [1.29, 1.82) is 0 Å². The Morgan fingerprint density at radius 3 is 2.63 bits per heavy atom. The third-order valence-corrected chi connectivity index (χ3v) is 3.72. The van der Waals surface area contributed by atoms with Gasteiger partial charge >= 0.3 is 6.03 Å². The molecule has 0 aromatic rings. The summed E-state index contributed by atoms with van der Waals surface area (Å²) in [6, 6.07) is 0.627. The van der Waals surface area contributed by atoms with Gasteiger partial charge in [-0.3, -0.25) is 4.90 Å². The van der Waals surface area contributed by atoms with Crippen LogP contribution in [0.25, 0.3) is 0 Å². The molecular formula is C14H27N3O2. The molecule has 2 fully saturated rings. The predicted molar refractivity (Wildman–Crippen MR) is 75.3 cm³/mol. The molecule has 19 heavy (non-hydrogen) atoms. The van der Waals surface area contributed by atoms with Gasteiger partial charge in [-0.15, -0.1) is 0 Å². The average molecular weight is 269 g/mol. The van der Waals surface area contributed by atoms with E-state index in [4.69, 9.17) is 4.74 Å². The molecule has 1 N–H and O–H groups in total. The van der Waals surface area contributed by atoms with Gasteiger partial charge in [0.25, 0.3) is 0 Å². The van der Waals surface area contributed by atoms with Gasteiger partial charge in [-0.25, -0.2) is 4.79 Å². The number of urea groups is 1. The third-order valence-electron chi connectivity index (χ3n) is 3.72. The molecule has 110 valence electrons. The molecule has 5 heteroatoms. The highest BCUT2D eigenvalue weighted by Gasteiger charge is 2.27. The molecule has 0 aromatic carbocycles. The Hall–Kier alpha value is -0.810. The van der Waals surface area contributed by atoms with Crippen LogP contribution in [0.5, 0.6) is 0 Å². The summed E-state index contributed by atoms with van der Waals surface area (Å²) in [6.45, 7) is 11.5. The first-order valence-corrected chi connectivity index (χ1v) is 7.34. The number of amides is 2. The summed E-state index contributed by atoms with van der Waals surface area (Å²) in [6.07, 6.45) is 2.18. The lowest BCUT2D eigenvalue weighted by atomic mass is 10.1. The second-order valence-corrected chi connectivity index (χ2v) is 6.57. The monoisotopic (exact) mass is 269 g/mol. The van der Waals surface area contributed by atoms with Gasteiger partial charge in [-0.2, -0.15) is 0 Å². The molecule has 1 atom stereocenters. The van der Waals surface area contributed by atoms with Gasteiger partial charge in [0, 0.05) is 44.4 Å². The molecule has 2 rings (SSSR count). The normalized spacial score (nSPS) is 26.3. The van der Waals surface area contributed by atoms with Crippen molar-refractivity contribution in [2.75, 3.05) is 39.4 Å². The third kappa shape index (κ3) is 4.35. The van der Waals surface area contributed by atoms with E-state index in [-0.39, 0.29) is 11.6 Å². The van der Waals surface area contributed by atoms with E-state index in [0.29, 0.717) is 6.04 Å². The lowest BCUT2D eigenvalue weighted by Crippen LogP contribution is -2.49. The van der Waals surface area contributed by atoms with Crippen LogP contribution in [-0.4, -0.2) is 66.8 Å². The topological polar surface area (TPSA) is 44.8 Å². The summed E-state index contributed by atoms with van der Waals surface area (Å²) in [5.41, 5.74) is -0.164. The van der Waals surface area contributed by atoms with Crippen molar-refractivity contribution in [1.82, 2.24) is 15.1 Å². The minimum Gasteiger partial charge on any atom is -0.380 e. The highest BCUT2D eigenvalue weighted by Crippen LogP contribution is 2.15. The molecule has 0 bridgehead atoms. The molecular weight excluding hydrogens is 242 g/mol. The van der Waals surface area contributed by atoms with Crippen LogP contribution in [-0.2, 0) is 4.74 Å². The van der Waals surface area contributed by atoms with Gasteiger partial charge in [0.15, 0.2) is 0 Å². The van der Waals surface area contributed by atoms with Crippen LogP contribution >= 0.6 is 0 Å². The first-order chi connectivity index (χ1) is 8.96. The van der Waals surface area contributed by atoms with E-state index in [0.717, 1.165) is 52.2 Å². The van der Waals surface area contributed by atoms with Gasteiger partial charge in [0.05, 0.1) is 6.61 Å². The van der Waals surface area contributed by atoms with Gasteiger partial charge < -0.3 is 15.0 Å². The van der Waals surface area contributed by atoms with Crippen LogP contribution in [0, 0.1) is 0 Å². The maximum absolute atomic E-state index is 12.2. The van der Waals surface area contributed by atoms with Crippen LogP contribution in [0.4, 0.5) is 4.79 Å². The molecule has 0 aromatic heterocycles. The number of rotatable bonds is 1. The maximum atomic E-state index is 12.2. The van der Waals surface area contributed by atoms with E-state index in [1.807, 2.05) is 25.7 Å². The lowest BCUT2D eigenvalue weighted by Gasteiger charge is -2.28. The quantitative estimate of drug-likeness (QED) is 0.780. The minimum atomic E-state index is -0.164. The van der Waals surface area contributed by atoms with E-state index in [2.05, 4.69) is 10.2 Å². The largest absolute Gasteiger partial charge is 0.380 e. The number of carbonyl (C=O) groups is 1. The van der Waals surface area contributed by atoms with Crippen molar-refractivity contribution in [2.24, 2.45) is 0 Å². The molecule has 2 heterocycles. The molecule has 2 amide bonds. The summed E-state index contributed by atoms with van der Waals surface area (Å²) >= 11 is 0. The van der Waals surface area contributed by atoms with Crippen molar-refractivity contribution in [2.45, 2.75) is 45.2 Å². The fourth-order valence-corrected chi connectivity index (χ4v) is 2.72. The van der Waals surface area contributed by atoms with Crippen molar-refractivity contribution in [3.8, 4) is 0 Å². The summed E-state index contributed by atoms with van der Waals surface area (Å²) in [4.78, 5) is 16.6. The highest BCUT2D eigenvalue weighted by atomic mass is 16.5. The predicted octanol–water partition coefficient (Wildman–Crippen LogP) is 1.29. The molecule has 0 saturated carbocycles. The van der Waals surface area contributed by atoms with E-state index < -0.39 is 0 Å². The van der Waals surface area contributed by atoms with Crippen LogP contribution in [0.3, 0.4) is 0 Å². The van der Waals surface area contributed by atoms with Crippen molar-refractivity contribution >= 4 is 6.03 Å². The van der Waals surface area contributed by atoms with Crippen molar-refractivity contribution in [3.63, 3.8) is 0 Å². The Bertz CT molecular complexity index is 308. The zero-order valence-electron chi connectivity index (χ0n) is 12.4. The van der Waals surface area contributed by atoms with Crippen LogP contribution in [0.15, 0.2) is 0 Å². The highest BCUT2D eigenvalue weighted by molar-refractivity contribution is 5.74. The first kappa shape index (κ1) is 14.6. The molecule has 0 spiro atoms. The van der Waals surface area contributed by atoms with Gasteiger partial charge in [0.2, 0.25) is 0 Å². The van der Waals surface area contributed by atoms with Crippen molar-refractivity contribution in [3.05, 3.63) is 0 Å². The van der Waals surface area contributed by atoms with Gasteiger partial charge in [0.1, 0.15) is 0 Å². The van der Waals surface area contributed by atoms with E-state index in [9.17, 15) is 4.79 Å². The summed E-state index contributed by atoms with van der Waals surface area (Å²) in [5, 5.41) is 3.04. The second kappa shape index (κ2) is 6.09. The summed E-state index contributed by atoms with van der Waals surface area (Å²) < 4.78 is 5.46. The smallest absolute Gasteiger partial charge is 0.317 e. The number of ether oxygens (including phenoxy) is 1. The molecule has 2 saturated heterocycles. The first-order valence-electron chi connectivity index (χ1n) is 7.34. The van der Waals surface area contributed by atoms with Crippen LogP contribution in [0.1, 0.15) is 33.6 Å². The van der Waals surface area contributed by atoms with Gasteiger partial charge in [-0.05, 0) is 33.6 Å². The fraction of sp³-hybridized carbons (Fsp3) is 0.929.